The molecule has 27 heavy (non-hydrogen) atoms. The minimum Gasteiger partial charge on any atom is -0.497 e. The van der Waals surface area contributed by atoms with Crippen LogP contribution in [-0.4, -0.2) is 44.3 Å². The number of methoxy groups -OCH3 is 1. The third-order valence-electron chi connectivity index (χ3n) is 4.93. The highest BCUT2D eigenvalue weighted by molar-refractivity contribution is 5.89. The van der Waals surface area contributed by atoms with Gasteiger partial charge in [0.1, 0.15) is 5.75 Å². The minimum absolute atomic E-state index is 0.0866. The number of hydrogen-bond donors (Lipinski definition) is 1. The number of amides is 2. The Morgan fingerprint density at radius 2 is 2.04 bits per heavy atom. The second kappa shape index (κ2) is 9.42. The smallest absolute Gasteiger partial charge is 0.321 e. The summed E-state index contributed by atoms with van der Waals surface area (Å²) >= 11 is 0. The molecule has 2 aromatic rings. The highest BCUT2D eigenvalue weighted by Crippen LogP contribution is 2.25. The van der Waals surface area contributed by atoms with Crippen LogP contribution in [0.3, 0.4) is 0 Å². The molecule has 1 atom stereocenters. The van der Waals surface area contributed by atoms with Gasteiger partial charge in [0, 0.05) is 25.9 Å². The number of urea groups is 1. The summed E-state index contributed by atoms with van der Waals surface area (Å²) in [6, 6.07) is 15.7. The zero-order valence-electron chi connectivity index (χ0n) is 16.1. The average molecular weight is 368 g/mol. The SMILES string of the molecule is COc1cccc(-c2ccc(NC(=O)N(C)CCC[C@H]3CCCO3)cc2)c1. The van der Waals surface area contributed by atoms with E-state index in [-0.39, 0.29) is 6.03 Å². The summed E-state index contributed by atoms with van der Waals surface area (Å²) in [7, 11) is 3.49. The highest BCUT2D eigenvalue weighted by Gasteiger charge is 2.16. The standard InChI is InChI=1S/C22H28N2O3/c1-24(14-4-8-20-9-5-15-27-20)22(25)23-19-12-10-17(11-13-19)18-6-3-7-21(16-18)26-2/h3,6-7,10-13,16,20H,4-5,8-9,14-15H2,1-2H3,(H,23,25)/t20-/m0/s1. The highest BCUT2D eigenvalue weighted by atomic mass is 16.5. The van der Waals surface area contributed by atoms with Crippen LogP contribution in [0.2, 0.25) is 0 Å². The van der Waals surface area contributed by atoms with E-state index < -0.39 is 0 Å². The number of benzene rings is 2. The Bertz CT molecular complexity index is 739. The molecule has 5 heteroatoms. The largest absolute Gasteiger partial charge is 0.497 e. The molecule has 1 aliphatic heterocycles. The predicted octanol–water partition coefficient (Wildman–Crippen LogP) is 4.79. The van der Waals surface area contributed by atoms with Crippen molar-refractivity contribution in [2.24, 2.45) is 0 Å². The maximum atomic E-state index is 12.3. The zero-order valence-corrected chi connectivity index (χ0v) is 16.1. The number of anilines is 1. The molecule has 0 aromatic heterocycles. The van der Waals surface area contributed by atoms with Crippen LogP contribution in [0.15, 0.2) is 48.5 Å². The van der Waals surface area contributed by atoms with E-state index in [0.717, 1.165) is 61.4 Å². The molecular formula is C22H28N2O3. The summed E-state index contributed by atoms with van der Waals surface area (Å²) in [5.41, 5.74) is 2.95. The average Bonchev–Trinajstić information content (AvgIpc) is 3.22. The summed E-state index contributed by atoms with van der Waals surface area (Å²) < 4.78 is 10.9. The molecule has 1 heterocycles. The fraction of sp³-hybridized carbons (Fsp3) is 0.409. The number of hydrogen-bond acceptors (Lipinski definition) is 3. The van der Waals surface area contributed by atoms with Crippen LogP contribution < -0.4 is 10.1 Å². The van der Waals surface area contributed by atoms with E-state index >= 15 is 0 Å². The third kappa shape index (κ3) is 5.47. The fourth-order valence-corrected chi connectivity index (χ4v) is 3.30. The van der Waals surface area contributed by atoms with Crippen LogP contribution in [0.25, 0.3) is 11.1 Å². The Kier molecular flexibility index (Phi) is 6.71. The van der Waals surface area contributed by atoms with Crippen molar-refractivity contribution < 1.29 is 14.3 Å². The summed E-state index contributed by atoms with van der Waals surface area (Å²) in [5.74, 6) is 0.828. The van der Waals surface area contributed by atoms with Crippen molar-refractivity contribution in [3.05, 3.63) is 48.5 Å². The van der Waals surface area contributed by atoms with Crippen molar-refractivity contribution in [2.75, 3.05) is 32.6 Å². The monoisotopic (exact) mass is 368 g/mol. The minimum atomic E-state index is -0.0866. The molecule has 0 unspecified atom stereocenters. The van der Waals surface area contributed by atoms with Gasteiger partial charge in [-0.25, -0.2) is 4.79 Å². The first kappa shape index (κ1) is 19.2. The maximum Gasteiger partial charge on any atom is 0.321 e. The fourth-order valence-electron chi connectivity index (χ4n) is 3.30. The number of ether oxygens (including phenoxy) is 2. The molecule has 0 aliphatic carbocycles. The molecule has 1 aliphatic rings. The van der Waals surface area contributed by atoms with Gasteiger partial charge < -0.3 is 19.7 Å². The van der Waals surface area contributed by atoms with Gasteiger partial charge in [0.2, 0.25) is 0 Å². The lowest BCUT2D eigenvalue weighted by atomic mass is 10.1. The first-order chi connectivity index (χ1) is 13.2. The van der Waals surface area contributed by atoms with Crippen LogP contribution in [0.5, 0.6) is 5.75 Å². The van der Waals surface area contributed by atoms with Crippen molar-refractivity contribution in [3.8, 4) is 16.9 Å². The van der Waals surface area contributed by atoms with Crippen molar-refractivity contribution in [1.82, 2.24) is 4.90 Å². The van der Waals surface area contributed by atoms with Crippen LogP contribution in [0.4, 0.5) is 10.5 Å². The van der Waals surface area contributed by atoms with E-state index in [2.05, 4.69) is 5.32 Å². The topological polar surface area (TPSA) is 50.8 Å². The van der Waals surface area contributed by atoms with Gasteiger partial charge in [-0.2, -0.15) is 0 Å². The number of carbonyl (C=O) groups is 1. The maximum absolute atomic E-state index is 12.3. The number of nitrogens with one attached hydrogen (secondary N) is 1. The summed E-state index contributed by atoms with van der Waals surface area (Å²) in [6.45, 7) is 1.61. The van der Waals surface area contributed by atoms with E-state index in [4.69, 9.17) is 9.47 Å². The first-order valence-electron chi connectivity index (χ1n) is 9.54. The lowest BCUT2D eigenvalue weighted by molar-refractivity contribution is 0.101. The molecule has 144 valence electrons. The molecule has 0 spiro atoms. The Hall–Kier alpha value is -2.53. The molecular weight excluding hydrogens is 340 g/mol. The molecule has 0 saturated carbocycles. The van der Waals surface area contributed by atoms with Crippen molar-refractivity contribution in [1.29, 1.82) is 0 Å². The van der Waals surface area contributed by atoms with Gasteiger partial charge >= 0.3 is 6.03 Å². The molecule has 2 aromatic carbocycles. The lowest BCUT2D eigenvalue weighted by Crippen LogP contribution is -2.32. The molecule has 1 N–H and O–H groups in total. The Labute approximate surface area is 161 Å². The molecule has 1 fully saturated rings. The molecule has 2 amide bonds. The third-order valence-corrected chi connectivity index (χ3v) is 4.93. The van der Waals surface area contributed by atoms with E-state index in [1.165, 1.54) is 0 Å². The predicted molar refractivity (Wildman–Crippen MR) is 108 cm³/mol. The second-order valence-corrected chi connectivity index (χ2v) is 6.94. The van der Waals surface area contributed by atoms with Gasteiger partial charge in [-0.15, -0.1) is 0 Å². The zero-order chi connectivity index (χ0) is 19.1. The van der Waals surface area contributed by atoms with Crippen LogP contribution in [-0.2, 0) is 4.74 Å². The lowest BCUT2D eigenvalue weighted by Gasteiger charge is -2.19. The van der Waals surface area contributed by atoms with Gasteiger partial charge in [0.25, 0.3) is 0 Å². The van der Waals surface area contributed by atoms with Gasteiger partial charge in [0.15, 0.2) is 0 Å². The van der Waals surface area contributed by atoms with Crippen LogP contribution in [0, 0.1) is 0 Å². The quantitative estimate of drug-likeness (QED) is 0.765. The van der Waals surface area contributed by atoms with E-state index in [1.807, 2.05) is 55.6 Å². The van der Waals surface area contributed by atoms with E-state index in [1.54, 1.807) is 12.0 Å². The van der Waals surface area contributed by atoms with Gasteiger partial charge in [-0.05, 0) is 61.1 Å². The number of rotatable bonds is 7. The Balaban J connectivity index is 1.50. The number of carbonyl (C=O) groups excluding carboxylic acids is 1. The van der Waals surface area contributed by atoms with Gasteiger partial charge in [-0.1, -0.05) is 24.3 Å². The van der Waals surface area contributed by atoms with Crippen LogP contribution in [0.1, 0.15) is 25.7 Å². The normalized spacial score (nSPS) is 16.1. The summed E-state index contributed by atoms with van der Waals surface area (Å²) in [6.07, 6.45) is 4.67. The Morgan fingerprint density at radius 3 is 2.74 bits per heavy atom. The van der Waals surface area contributed by atoms with Gasteiger partial charge in [-0.3, -0.25) is 0 Å². The molecule has 3 rings (SSSR count). The summed E-state index contributed by atoms with van der Waals surface area (Å²) in [5, 5.41) is 2.95. The van der Waals surface area contributed by atoms with Gasteiger partial charge in [0.05, 0.1) is 13.2 Å². The summed E-state index contributed by atoms with van der Waals surface area (Å²) in [4.78, 5) is 14.1. The first-order valence-corrected chi connectivity index (χ1v) is 9.54. The molecule has 0 radical (unpaired) electrons. The van der Waals surface area contributed by atoms with E-state index in [9.17, 15) is 4.79 Å². The van der Waals surface area contributed by atoms with Crippen molar-refractivity contribution in [3.63, 3.8) is 0 Å². The Morgan fingerprint density at radius 1 is 1.22 bits per heavy atom. The molecule has 5 nitrogen and oxygen atoms in total. The molecule has 0 bridgehead atoms. The molecule has 1 saturated heterocycles. The van der Waals surface area contributed by atoms with Crippen molar-refractivity contribution in [2.45, 2.75) is 31.8 Å². The van der Waals surface area contributed by atoms with Crippen LogP contribution >= 0.6 is 0 Å². The number of nitrogens with zero attached hydrogens (tertiary/aromatic N) is 1. The van der Waals surface area contributed by atoms with E-state index in [0.29, 0.717) is 6.10 Å². The second-order valence-electron chi connectivity index (χ2n) is 6.94. The van der Waals surface area contributed by atoms with Crippen molar-refractivity contribution >= 4 is 11.7 Å².